The molecular weight excluding hydrogens is 450 g/mol. The zero-order chi connectivity index (χ0) is 24.5. The number of hydrogen-bond donors (Lipinski definition) is 2. The van der Waals surface area contributed by atoms with E-state index in [1.54, 1.807) is 36.5 Å². The van der Waals surface area contributed by atoms with Gasteiger partial charge in [0.2, 0.25) is 11.8 Å². The molecule has 0 spiro atoms. The van der Waals surface area contributed by atoms with Crippen molar-refractivity contribution in [1.82, 2.24) is 9.88 Å². The lowest BCUT2D eigenvalue weighted by Gasteiger charge is -2.26. The van der Waals surface area contributed by atoms with E-state index >= 15 is 0 Å². The SMILES string of the molecule is O=C(Cc1ccc(Oc2ccc(OCCN3CCOCC3)cc2)nc1)Nc1ccccc1C(=O)O. The van der Waals surface area contributed by atoms with Gasteiger partial charge in [-0.1, -0.05) is 18.2 Å². The van der Waals surface area contributed by atoms with Crippen LogP contribution in [-0.2, 0) is 16.0 Å². The molecule has 0 unspecified atom stereocenters. The van der Waals surface area contributed by atoms with Gasteiger partial charge in [-0.25, -0.2) is 9.78 Å². The fourth-order valence-electron chi connectivity index (χ4n) is 3.58. The number of amides is 1. The van der Waals surface area contributed by atoms with E-state index < -0.39 is 5.97 Å². The summed E-state index contributed by atoms with van der Waals surface area (Å²) in [6.07, 6.45) is 1.61. The van der Waals surface area contributed by atoms with E-state index in [0.29, 0.717) is 23.8 Å². The maximum absolute atomic E-state index is 12.3. The van der Waals surface area contributed by atoms with Gasteiger partial charge in [-0.15, -0.1) is 0 Å². The van der Waals surface area contributed by atoms with Crippen molar-refractivity contribution in [2.45, 2.75) is 6.42 Å². The third-order valence-corrected chi connectivity index (χ3v) is 5.42. The van der Waals surface area contributed by atoms with Crippen molar-refractivity contribution in [2.75, 3.05) is 44.8 Å². The van der Waals surface area contributed by atoms with Crippen molar-refractivity contribution in [3.05, 3.63) is 78.0 Å². The number of nitrogens with one attached hydrogen (secondary N) is 1. The van der Waals surface area contributed by atoms with Crippen molar-refractivity contribution in [1.29, 1.82) is 0 Å². The molecule has 1 amide bonds. The Bertz CT molecular complexity index is 1130. The van der Waals surface area contributed by atoms with Gasteiger partial charge in [-0.2, -0.15) is 0 Å². The molecule has 2 N–H and O–H groups in total. The van der Waals surface area contributed by atoms with Crippen LogP contribution in [0.15, 0.2) is 66.9 Å². The molecule has 0 radical (unpaired) electrons. The Morgan fingerprint density at radius 2 is 1.74 bits per heavy atom. The number of nitrogens with zero attached hydrogens (tertiary/aromatic N) is 2. The topological polar surface area (TPSA) is 110 Å². The molecule has 2 heterocycles. The fraction of sp³-hybridized carbons (Fsp3) is 0.269. The van der Waals surface area contributed by atoms with Gasteiger partial charge in [0.25, 0.3) is 0 Å². The van der Waals surface area contributed by atoms with Crippen LogP contribution in [0.3, 0.4) is 0 Å². The molecule has 182 valence electrons. The first kappa shape index (κ1) is 24.2. The summed E-state index contributed by atoms with van der Waals surface area (Å²) in [5, 5.41) is 11.9. The highest BCUT2D eigenvalue weighted by atomic mass is 16.5. The zero-order valence-corrected chi connectivity index (χ0v) is 19.2. The van der Waals surface area contributed by atoms with Gasteiger partial charge in [0.1, 0.15) is 18.1 Å². The van der Waals surface area contributed by atoms with Gasteiger partial charge in [0, 0.05) is 31.9 Å². The van der Waals surface area contributed by atoms with Crippen LogP contribution in [0.25, 0.3) is 0 Å². The number of carbonyl (C=O) groups excluding carboxylic acids is 1. The average Bonchev–Trinajstić information content (AvgIpc) is 2.87. The van der Waals surface area contributed by atoms with E-state index in [1.807, 2.05) is 24.3 Å². The standard InChI is InChI=1S/C26H27N3O6/c30-24(28-23-4-2-1-3-22(23)26(31)32)17-19-5-10-25(27-18-19)35-21-8-6-20(7-9-21)34-16-13-29-11-14-33-15-12-29/h1-10,18H,11-17H2,(H,28,30)(H,31,32). The number of anilines is 1. The highest BCUT2D eigenvalue weighted by Gasteiger charge is 2.13. The fourth-order valence-corrected chi connectivity index (χ4v) is 3.58. The minimum atomic E-state index is -1.10. The van der Waals surface area contributed by atoms with Crippen molar-refractivity contribution in [3.63, 3.8) is 0 Å². The molecule has 0 saturated carbocycles. The normalized spacial score (nSPS) is 13.7. The van der Waals surface area contributed by atoms with Crippen LogP contribution in [0, 0.1) is 0 Å². The van der Waals surface area contributed by atoms with Crippen LogP contribution in [0.1, 0.15) is 15.9 Å². The Morgan fingerprint density at radius 1 is 1.00 bits per heavy atom. The summed E-state index contributed by atoms with van der Waals surface area (Å²) >= 11 is 0. The number of carbonyl (C=O) groups is 2. The third kappa shape index (κ3) is 7.26. The molecule has 0 bridgehead atoms. The first-order valence-corrected chi connectivity index (χ1v) is 11.3. The van der Waals surface area contributed by atoms with E-state index in [2.05, 4.69) is 15.2 Å². The Balaban J connectivity index is 1.24. The Morgan fingerprint density at radius 3 is 2.46 bits per heavy atom. The lowest BCUT2D eigenvalue weighted by molar-refractivity contribution is -0.115. The summed E-state index contributed by atoms with van der Waals surface area (Å²) in [5.41, 5.74) is 0.967. The second kappa shape index (κ2) is 12.0. The van der Waals surface area contributed by atoms with Crippen LogP contribution in [0.5, 0.6) is 17.4 Å². The molecule has 1 aliphatic rings. The highest BCUT2D eigenvalue weighted by molar-refractivity contribution is 6.00. The van der Waals surface area contributed by atoms with Gasteiger partial charge in [0.15, 0.2) is 0 Å². The number of pyridine rings is 1. The molecule has 2 aromatic carbocycles. The summed E-state index contributed by atoms with van der Waals surface area (Å²) in [6.45, 7) is 4.89. The van der Waals surface area contributed by atoms with E-state index in [0.717, 1.165) is 38.6 Å². The number of para-hydroxylation sites is 1. The minimum absolute atomic E-state index is 0.0382. The van der Waals surface area contributed by atoms with Crippen molar-refractivity contribution < 1.29 is 28.9 Å². The Labute approximate surface area is 203 Å². The maximum Gasteiger partial charge on any atom is 0.337 e. The summed E-state index contributed by atoms with van der Waals surface area (Å²) in [7, 11) is 0. The summed E-state index contributed by atoms with van der Waals surface area (Å²) in [5.74, 6) is 0.347. The van der Waals surface area contributed by atoms with E-state index in [4.69, 9.17) is 14.2 Å². The molecule has 9 nitrogen and oxygen atoms in total. The first-order chi connectivity index (χ1) is 17.1. The second-order valence-corrected chi connectivity index (χ2v) is 7.96. The lowest BCUT2D eigenvalue weighted by Crippen LogP contribution is -2.38. The van der Waals surface area contributed by atoms with Crippen molar-refractivity contribution in [2.24, 2.45) is 0 Å². The predicted octanol–water partition coefficient (Wildman–Crippen LogP) is 3.46. The smallest absolute Gasteiger partial charge is 0.337 e. The second-order valence-electron chi connectivity index (χ2n) is 7.96. The van der Waals surface area contributed by atoms with E-state index in [-0.39, 0.29) is 23.6 Å². The summed E-state index contributed by atoms with van der Waals surface area (Å²) < 4.78 is 16.9. The third-order valence-electron chi connectivity index (χ3n) is 5.42. The molecule has 0 atom stereocenters. The number of benzene rings is 2. The molecule has 1 saturated heterocycles. The van der Waals surface area contributed by atoms with Crippen LogP contribution in [0.2, 0.25) is 0 Å². The molecule has 0 aliphatic carbocycles. The molecule has 3 aromatic rings. The lowest BCUT2D eigenvalue weighted by atomic mass is 10.1. The summed E-state index contributed by atoms with van der Waals surface area (Å²) in [4.78, 5) is 30.2. The molecule has 1 fully saturated rings. The Hall–Kier alpha value is -3.95. The minimum Gasteiger partial charge on any atom is -0.492 e. The number of carboxylic acid groups (broad SMARTS) is 1. The molecule has 1 aliphatic heterocycles. The highest BCUT2D eigenvalue weighted by Crippen LogP contribution is 2.23. The number of hydrogen-bond acceptors (Lipinski definition) is 7. The van der Waals surface area contributed by atoms with E-state index in [9.17, 15) is 14.7 Å². The number of carboxylic acids is 1. The Kier molecular flexibility index (Phi) is 8.26. The maximum atomic E-state index is 12.3. The quantitative estimate of drug-likeness (QED) is 0.457. The van der Waals surface area contributed by atoms with Gasteiger partial charge in [-0.3, -0.25) is 9.69 Å². The van der Waals surface area contributed by atoms with Crippen molar-refractivity contribution >= 4 is 17.6 Å². The monoisotopic (exact) mass is 477 g/mol. The number of ether oxygens (including phenoxy) is 3. The van der Waals surface area contributed by atoms with Gasteiger partial charge in [-0.05, 0) is 42.0 Å². The molecule has 9 heteroatoms. The molecule has 35 heavy (non-hydrogen) atoms. The zero-order valence-electron chi connectivity index (χ0n) is 19.2. The van der Waals surface area contributed by atoms with Gasteiger partial charge >= 0.3 is 5.97 Å². The predicted molar refractivity (Wildman–Crippen MR) is 129 cm³/mol. The van der Waals surface area contributed by atoms with Crippen LogP contribution < -0.4 is 14.8 Å². The van der Waals surface area contributed by atoms with Gasteiger partial charge in [0.05, 0.1) is 30.9 Å². The largest absolute Gasteiger partial charge is 0.492 e. The summed E-state index contributed by atoms with van der Waals surface area (Å²) in [6, 6.07) is 17.0. The van der Waals surface area contributed by atoms with E-state index in [1.165, 1.54) is 6.07 Å². The van der Waals surface area contributed by atoms with Crippen LogP contribution >= 0.6 is 0 Å². The first-order valence-electron chi connectivity index (χ1n) is 11.3. The number of morpholine rings is 1. The van der Waals surface area contributed by atoms with Crippen LogP contribution in [-0.4, -0.2) is 66.3 Å². The average molecular weight is 478 g/mol. The van der Waals surface area contributed by atoms with Crippen LogP contribution in [0.4, 0.5) is 5.69 Å². The molecule has 1 aromatic heterocycles. The van der Waals surface area contributed by atoms with Gasteiger partial charge < -0.3 is 24.6 Å². The molecule has 4 rings (SSSR count). The number of aromatic carboxylic acids is 1. The number of rotatable bonds is 10. The number of aromatic nitrogens is 1. The van der Waals surface area contributed by atoms with Crippen molar-refractivity contribution in [3.8, 4) is 17.4 Å². The molecular formula is C26H27N3O6.